The molecule has 6 heteroatoms. The molecule has 1 aromatic carbocycles. The number of rotatable bonds is 3. The highest BCUT2D eigenvalue weighted by molar-refractivity contribution is 5.92. The molecule has 1 aromatic heterocycles. The third-order valence-electron chi connectivity index (χ3n) is 4.12. The fourth-order valence-electron chi connectivity index (χ4n) is 2.89. The number of carbonyl (C=O) groups is 1. The second kappa shape index (κ2) is 6.08. The molecule has 1 aliphatic heterocycles. The summed E-state index contributed by atoms with van der Waals surface area (Å²) >= 11 is 0. The molecule has 0 fully saturated rings. The van der Waals surface area contributed by atoms with Crippen LogP contribution in [-0.2, 0) is 11.3 Å². The number of nitro benzene ring substituents is 1. The molecule has 1 atom stereocenters. The molecule has 23 heavy (non-hydrogen) atoms. The standard InChI is InChI=1S/C17H17N3O3/c1-13-16-6-3-9-18(16)10-11-19(13)17(21)8-7-14-4-2-5-15(12-14)20(22)23/h2-9,12-13H,10-11H2,1H3/b8-7-/t13-/m0/s1. The van der Waals surface area contributed by atoms with E-state index in [1.165, 1.54) is 18.2 Å². The largest absolute Gasteiger partial charge is 0.348 e. The van der Waals surface area contributed by atoms with E-state index in [0.29, 0.717) is 12.1 Å². The molecule has 2 heterocycles. The van der Waals surface area contributed by atoms with Crippen molar-refractivity contribution in [3.63, 3.8) is 0 Å². The Morgan fingerprint density at radius 1 is 1.30 bits per heavy atom. The van der Waals surface area contributed by atoms with Crippen molar-refractivity contribution in [3.05, 3.63) is 70.0 Å². The van der Waals surface area contributed by atoms with E-state index in [0.717, 1.165) is 12.2 Å². The van der Waals surface area contributed by atoms with Crippen molar-refractivity contribution in [2.45, 2.75) is 19.5 Å². The second-order valence-electron chi connectivity index (χ2n) is 5.52. The van der Waals surface area contributed by atoms with Crippen LogP contribution in [0.15, 0.2) is 48.7 Å². The van der Waals surface area contributed by atoms with Crippen molar-refractivity contribution in [1.82, 2.24) is 9.47 Å². The van der Waals surface area contributed by atoms with Gasteiger partial charge in [-0.25, -0.2) is 0 Å². The first-order chi connectivity index (χ1) is 11.1. The Balaban J connectivity index is 1.75. The van der Waals surface area contributed by atoms with Crippen LogP contribution in [-0.4, -0.2) is 26.8 Å². The molecule has 0 radical (unpaired) electrons. The zero-order valence-electron chi connectivity index (χ0n) is 12.8. The van der Waals surface area contributed by atoms with Gasteiger partial charge in [-0.15, -0.1) is 0 Å². The fourth-order valence-corrected chi connectivity index (χ4v) is 2.89. The first kappa shape index (κ1) is 15.0. The van der Waals surface area contributed by atoms with Crippen LogP contribution in [0.3, 0.4) is 0 Å². The Labute approximate surface area is 133 Å². The van der Waals surface area contributed by atoms with Crippen LogP contribution in [0.2, 0.25) is 0 Å². The van der Waals surface area contributed by atoms with Crippen LogP contribution in [0.25, 0.3) is 6.08 Å². The number of non-ortho nitro benzene ring substituents is 1. The first-order valence-corrected chi connectivity index (χ1v) is 7.44. The summed E-state index contributed by atoms with van der Waals surface area (Å²) in [5.41, 5.74) is 1.78. The summed E-state index contributed by atoms with van der Waals surface area (Å²) in [5, 5.41) is 10.8. The Morgan fingerprint density at radius 2 is 2.13 bits per heavy atom. The van der Waals surface area contributed by atoms with Gasteiger partial charge in [-0.2, -0.15) is 0 Å². The third kappa shape index (κ3) is 3.01. The van der Waals surface area contributed by atoms with Gasteiger partial charge in [-0.3, -0.25) is 14.9 Å². The van der Waals surface area contributed by atoms with E-state index in [4.69, 9.17) is 0 Å². The second-order valence-corrected chi connectivity index (χ2v) is 5.52. The summed E-state index contributed by atoms with van der Waals surface area (Å²) in [6, 6.07) is 10.3. The maximum atomic E-state index is 12.4. The maximum absolute atomic E-state index is 12.4. The summed E-state index contributed by atoms with van der Waals surface area (Å²) < 4.78 is 2.15. The average Bonchev–Trinajstić information content (AvgIpc) is 3.03. The zero-order valence-corrected chi connectivity index (χ0v) is 12.8. The molecular weight excluding hydrogens is 294 g/mol. The molecule has 0 saturated heterocycles. The van der Waals surface area contributed by atoms with Crippen molar-refractivity contribution in [2.24, 2.45) is 0 Å². The lowest BCUT2D eigenvalue weighted by Crippen LogP contribution is -2.39. The van der Waals surface area contributed by atoms with Crippen LogP contribution in [0.5, 0.6) is 0 Å². The Morgan fingerprint density at radius 3 is 2.91 bits per heavy atom. The molecule has 1 amide bonds. The minimum absolute atomic E-state index is 0.0148. The van der Waals surface area contributed by atoms with E-state index >= 15 is 0 Å². The van der Waals surface area contributed by atoms with Crippen LogP contribution in [0.1, 0.15) is 24.2 Å². The normalized spacial score (nSPS) is 17.3. The molecule has 2 aromatic rings. The van der Waals surface area contributed by atoms with E-state index in [9.17, 15) is 14.9 Å². The number of hydrogen-bond acceptors (Lipinski definition) is 3. The minimum Gasteiger partial charge on any atom is -0.348 e. The number of hydrogen-bond donors (Lipinski definition) is 0. The van der Waals surface area contributed by atoms with Gasteiger partial charge in [0.25, 0.3) is 5.69 Å². The molecule has 0 aliphatic carbocycles. The molecule has 3 rings (SSSR count). The van der Waals surface area contributed by atoms with Crippen LogP contribution in [0, 0.1) is 10.1 Å². The molecule has 0 unspecified atom stereocenters. The summed E-state index contributed by atoms with van der Waals surface area (Å²) in [6.07, 6.45) is 5.12. The fraction of sp³-hybridized carbons (Fsp3) is 0.235. The van der Waals surface area contributed by atoms with Crippen molar-refractivity contribution in [3.8, 4) is 0 Å². The Hall–Kier alpha value is -2.89. The molecule has 0 spiro atoms. The van der Waals surface area contributed by atoms with E-state index < -0.39 is 4.92 Å². The van der Waals surface area contributed by atoms with Crippen LogP contribution in [0.4, 0.5) is 5.69 Å². The van der Waals surface area contributed by atoms with Gasteiger partial charge in [0.15, 0.2) is 0 Å². The lowest BCUT2D eigenvalue weighted by molar-refractivity contribution is -0.384. The molecule has 6 nitrogen and oxygen atoms in total. The predicted molar refractivity (Wildman–Crippen MR) is 86.7 cm³/mol. The Bertz CT molecular complexity index is 779. The monoisotopic (exact) mass is 311 g/mol. The van der Waals surface area contributed by atoms with Gasteiger partial charge in [0, 0.05) is 43.2 Å². The quantitative estimate of drug-likeness (QED) is 0.497. The zero-order chi connectivity index (χ0) is 16.4. The average molecular weight is 311 g/mol. The summed E-state index contributed by atoms with van der Waals surface area (Å²) in [5.74, 6) is -0.0866. The molecule has 0 saturated carbocycles. The number of nitro groups is 1. The highest BCUT2D eigenvalue weighted by Crippen LogP contribution is 2.25. The van der Waals surface area contributed by atoms with Crippen molar-refractivity contribution >= 4 is 17.7 Å². The van der Waals surface area contributed by atoms with E-state index in [2.05, 4.69) is 4.57 Å². The number of amides is 1. The summed E-state index contributed by atoms with van der Waals surface area (Å²) in [4.78, 5) is 24.6. The van der Waals surface area contributed by atoms with Gasteiger partial charge >= 0.3 is 0 Å². The van der Waals surface area contributed by atoms with E-state index in [1.807, 2.05) is 30.2 Å². The number of benzene rings is 1. The van der Waals surface area contributed by atoms with Gasteiger partial charge in [0.05, 0.1) is 11.0 Å². The van der Waals surface area contributed by atoms with Crippen molar-refractivity contribution in [2.75, 3.05) is 6.54 Å². The van der Waals surface area contributed by atoms with Crippen LogP contribution < -0.4 is 0 Å². The van der Waals surface area contributed by atoms with E-state index in [1.54, 1.807) is 18.2 Å². The highest BCUT2D eigenvalue weighted by Gasteiger charge is 2.25. The molecule has 1 aliphatic rings. The smallest absolute Gasteiger partial charge is 0.270 e. The van der Waals surface area contributed by atoms with Gasteiger partial charge in [-0.1, -0.05) is 12.1 Å². The highest BCUT2D eigenvalue weighted by atomic mass is 16.6. The summed E-state index contributed by atoms with van der Waals surface area (Å²) in [7, 11) is 0. The minimum atomic E-state index is -0.444. The van der Waals surface area contributed by atoms with Crippen LogP contribution >= 0.6 is 0 Å². The maximum Gasteiger partial charge on any atom is 0.270 e. The molecule has 0 N–H and O–H groups in total. The van der Waals surface area contributed by atoms with Crippen molar-refractivity contribution in [1.29, 1.82) is 0 Å². The number of nitrogens with zero attached hydrogens (tertiary/aromatic N) is 3. The topological polar surface area (TPSA) is 68.4 Å². The molecule has 118 valence electrons. The van der Waals surface area contributed by atoms with Gasteiger partial charge in [-0.05, 0) is 30.7 Å². The predicted octanol–water partition coefficient (Wildman–Crippen LogP) is 3.01. The lowest BCUT2D eigenvalue weighted by atomic mass is 10.1. The Kier molecular flexibility index (Phi) is 3.97. The first-order valence-electron chi connectivity index (χ1n) is 7.44. The SMILES string of the molecule is C[C@H]1c2cccn2CCN1C(=O)/C=C\c1cccc([N+](=O)[O-])c1. The van der Waals surface area contributed by atoms with Gasteiger partial charge < -0.3 is 9.47 Å². The van der Waals surface area contributed by atoms with E-state index in [-0.39, 0.29) is 17.6 Å². The summed E-state index contributed by atoms with van der Waals surface area (Å²) in [6.45, 7) is 3.44. The number of fused-ring (bicyclic) bond motifs is 1. The lowest BCUT2D eigenvalue weighted by Gasteiger charge is -2.34. The van der Waals surface area contributed by atoms with Crippen molar-refractivity contribution < 1.29 is 9.72 Å². The van der Waals surface area contributed by atoms with Gasteiger partial charge in [0.1, 0.15) is 0 Å². The number of carbonyl (C=O) groups excluding carboxylic acids is 1. The number of aromatic nitrogens is 1. The molecule has 0 bridgehead atoms. The molecular formula is C17H17N3O3. The third-order valence-corrected chi connectivity index (χ3v) is 4.12. The van der Waals surface area contributed by atoms with Gasteiger partial charge in [0.2, 0.25) is 5.91 Å².